The van der Waals surface area contributed by atoms with Gasteiger partial charge in [-0.05, 0) is 12.1 Å². The Kier molecular flexibility index (Phi) is 3.18. The molecule has 0 saturated heterocycles. The number of rotatable bonds is 3. The van der Waals surface area contributed by atoms with Crippen LogP contribution in [0, 0.1) is 0 Å². The molecule has 84 valence electrons. The van der Waals surface area contributed by atoms with Crippen molar-refractivity contribution in [2.75, 3.05) is 0 Å². The minimum Gasteiger partial charge on any atom is -0.301 e. The maximum atomic E-state index is 11.3. The van der Waals surface area contributed by atoms with Crippen molar-refractivity contribution in [2.45, 2.75) is 6.54 Å². The normalized spacial score (nSPS) is 10.3. The molecule has 0 aromatic carbocycles. The summed E-state index contributed by atoms with van der Waals surface area (Å²) in [5, 5.41) is 1.74. The van der Waals surface area contributed by atoms with E-state index < -0.39 is 0 Å². The Morgan fingerprint density at radius 1 is 1.50 bits per heavy atom. The lowest BCUT2D eigenvalue weighted by Gasteiger charge is -1.97. The van der Waals surface area contributed by atoms with Crippen LogP contribution >= 0.6 is 22.7 Å². The zero-order chi connectivity index (χ0) is 11.5. The predicted octanol–water partition coefficient (Wildman–Crippen LogP) is 0.623. The minimum atomic E-state index is -0.311. The molecule has 7 heteroatoms. The lowest BCUT2D eigenvalue weighted by atomic mass is 10.4. The van der Waals surface area contributed by atoms with Crippen LogP contribution in [0.3, 0.4) is 0 Å². The van der Waals surface area contributed by atoms with Gasteiger partial charge in [-0.25, -0.2) is 5.84 Å². The molecule has 16 heavy (non-hydrogen) atoms. The van der Waals surface area contributed by atoms with Gasteiger partial charge in [-0.15, -0.1) is 11.3 Å². The first-order valence-electron chi connectivity index (χ1n) is 4.44. The first-order chi connectivity index (χ1) is 7.70. The van der Waals surface area contributed by atoms with Crippen molar-refractivity contribution in [3.05, 3.63) is 43.1 Å². The zero-order valence-electron chi connectivity index (χ0n) is 8.17. The summed E-state index contributed by atoms with van der Waals surface area (Å²) in [6, 6.07) is 3.51. The highest BCUT2D eigenvalue weighted by atomic mass is 32.1. The number of hydrogen-bond donors (Lipinski definition) is 2. The molecule has 0 spiro atoms. The number of thiophene rings is 1. The summed E-state index contributed by atoms with van der Waals surface area (Å²) in [7, 11) is 0. The Bertz CT molecular complexity index is 555. The molecule has 2 aromatic rings. The van der Waals surface area contributed by atoms with Crippen LogP contribution in [0.4, 0.5) is 0 Å². The minimum absolute atomic E-state index is 0.00164. The van der Waals surface area contributed by atoms with E-state index in [1.165, 1.54) is 11.3 Å². The van der Waals surface area contributed by atoms with Crippen LogP contribution in [-0.4, -0.2) is 10.5 Å². The van der Waals surface area contributed by atoms with Crippen molar-refractivity contribution in [3.8, 4) is 0 Å². The average molecular weight is 255 g/mol. The molecule has 2 heterocycles. The van der Waals surface area contributed by atoms with Crippen LogP contribution in [0.1, 0.15) is 14.5 Å². The largest absolute Gasteiger partial charge is 0.307 e. The van der Waals surface area contributed by atoms with Crippen molar-refractivity contribution < 1.29 is 4.79 Å². The molecule has 0 aliphatic heterocycles. The molecular weight excluding hydrogens is 246 g/mol. The summed E-state index contributed by atoms with van der Waals surface area (Å²) in [5.41, 5.74) is 2.07. The second-order valence-corrected chi connectivity index (χ2v) is 5.06. The highest BCUT2D eigenvalue weighted by molar-refractivity contribution is 7.14. The highest BCUT2D eigenvalue weighted by Gasteiger charge is 2.08. The lowest BCUT2D eigenvalue weighted by molar-refractivity contribution is 0.0957. The van der Waals surface area contributed by atoms with Crippen molar-refractivity contribution >= 4 is 28.6 Å². The molecule has 0 aliphatic rings. The lowest BCUT2D eigenvalue weighted by Crippen LogP contribution is -2.29. The number of carbonyl (C=O) groups excluding carboxylic acids is 1. The molecule has 0 fully saturated rings. The van der Waals surface area contributed by atoms with E-state index in [0.717, 1.165) is 16.2 Å². The fraction of sp³-hybridized carbons (Fsp3) is 0.111. The van der Waals surface area contributed by atoms with Gasteiger partial charge < -0.3 is 4.57 Å². The SMILES string of the molecule is NNC(=O)c1ccc(Cn2ccsc2=O)s1. The van der Waals surface area contributed by atoms with Gasteiger partial charge in [-0.3, -0.25) is 15.0 Å². The monoisotopic (exact) mass is 255 g/mol. The summed E-state index contributed by atoms with van der Waals surface area (Å²) < 4.78 is 1.60. The summed E-state index contributed by atoms with van der Waals surface area (Å²) in [6.07, 6.45) is 1.73. The molecule has 5 nitrogen and oxygen atoms in total. The number of thiazole rings is 1. The summed E-state index contributed by atoms with van der Waals surface area (Å²) in [4.78, 5) is 24.0. The van der Waals surface area contributed by atoms with E-state index in [2.05, 4.69) is 5.43 Å². The Morgan fingerprint density at radius 3 is 2.94 bits per heavy atom. The fourth-order valence-electron chi connectivity index (χ4n) is 1.23. The summed E-state index contributed by atoms with van der Waals surface area (Å²) in [6.45, 7) is 0.491. The molecule has 0 aliphatic carbocycles. The molecule has 0 unspecified atom stereocenters. The van der Waals surface area contributed by atoms with Gasteiger partial charge in [0.1, 0.15) is 0 Å². The Morgan fingerprint density at radius 2 is 2.31 bits per heavy atom. The number of hydrogen-bond acceptors (Lipinski definition) is 5. The smallest absolute Gasteiger partial charge is 0.301 e. The number of nitrogen functional groups attached to an aromatic ring is 1. The summed E-state index contributed by atoms with van der Waals surface area (Å²) >= 11 is 2.48. The van der Waals surface area contributed by atoms with E-state index >= 15 is 0 Å². The third kappa shape index (κ3) is 2.21. The molecule has 1 amide bonds. The number of amides is 1. The quantitative estimate of drug-likeness (QED) is 0.479. The van der Waals surface area contributed by atoms with E-state index in [0.29, 0.717) is 11.4 Å². The maximum Gasteiger partial charge on any atom is 0.307 e. The number of nitrogens with one attached hydrogen (secondary N) is 1. The van der Waals surface area contributed by atoms with Crippen LogP contribution < -0.4 is 16.1 Å². The first kappa shape index (κ1) is 11.1. The first-order valence-corrected chi connectivity index (χ1v) is 6.14. The number of nitrogens with zero attached hydrogens (tertiary/aromatic N) is 1. The zero-order valence-corrected chi connectivity index (χ0v) is 9.81. The Balaban J connectivity index is 2.18. The van der Waals surface area contributed by atoms with E-state index in [1.54, 1.807) is 22.2 Å². The third-order valence-corrected chi connectivity index (χ3v) is 3.75. The van der Waals surface area contributed by atoms with Crippen LogP contribution in [0.5, 0.6) is 0 Å². The van der Waals surface area contributed by atoms with Gasteiger partial charge in [0.15, 0.2) is 0 Å². The Labute approximate surface area is 99.1 Å². The number of hydrazine groups is 1. The second kappa shape index (κ2) is 4.60. The number of aromatic nitrogens is 1. The van der Waals surface area contributed by atoms with Gasteiger partial charge in [-0.1, -0.05) is 11.3 Å². The molecule has 2 aromatic heterocycles. The van der Waals surface area contributed by atoms with Gasteiger partial charge in [0.25, 0.3) is 5.91 Å². The van der Waals surface area contributed by atoms with E-state index in [1.807, 2.05) is 6.07 Å². The van der Waals surface area contributed by atoms with Crippen LogP contribution in [0.2, 0.25) is 0 Å². The van der Waals surface area contributed by atoms with Gasteiger partial charge in [-0.2, -0.15) is 0 Å². The predicted molar refractivity (Wildman–Crippen MR) is 63.7 cm³/mol. The van der Waals surface area contributed by atoms with Crippen LogP contribution in [-0.2, 0) is 6.54 Å². The number of carbonyl (C=O) groups is 1. The molecule has 0 bridgehead atoms. The standard InChI is InChI=1S/C9H9N3O2S2/c10-11-8(13)7-2-1-6(16-7)5-12-3-4-15-9(12)14/h1-4H,5,10H2,(H,11,13). The molecular formula is C9H9N3O2S2. The molecule has 0 atom stereocenters. The topological polar surface area (TPSA) is 77.1 Å². The van der Waals surface area contributed by atoms with E-state index in [-0.39, 0.29) is 10.8 Å². The maximum absolute atomic E-state index is 11.3. The van der Waals surface area contributed by atoms with Crippen LogP contribution in [0.15, 0.2) is 28.5 Å². The van der Waals surface area contributed by atoms with E-state index in [9.17, 15) is 9.59 Å². The van der Waals surface area contributed by atoms with Gasteiger partial charge in [0.2, 0.25) is 0 Å². The molecule has 0 radical (unpaired) electrons. The second-order valence-electron chi connectivity index (χ2n) is 3.04. The summed E-state index contributed by atoms with van der Waals surface area (Å²) in [5.74, 6) is 4.72. The Hall–Kier alpha value is -1.44. The van der Waals surface area contributed by atoms with Crippen molar-refractivity contribution in [1.29, 1.82) is 0 Å². The van der Waals surface area contributed by atoms with Crippen molar-refractivity contribution in [1.82, 2.24) is 9.99 Å². The molecule has 2 rings (SSSR count). The number of nitrogens with two attached hydrogens (primary N) is 1. The molecule has 0 saturated carbocycles. The van der Waals surface area contributed by atoms with Gasteiger partial charge in [0.05, 0.1) is 11.4 Å². The fourth-order valence-corrected chi connectivity index (χ4v) is 2.73. The third-order valence-electron chi connectivity index (χ3n) is 1.99. The van der Waals surface area contributed by atoms with Crippen molar-refractivity contribution in [3.63, 3.8) is 0 Å². The highest BCUT2D eigenvalue weighted by Crippen LogP contribution is 2.17. The average Bonchev–Trinajstić information content (AvgIpc) is 2.89. The van der Waals surface area contributed by atoms with Gasteiger partial charge >= 0.3 is 4.87 Å². The van der Waals surface area contributed by atoms with Crippen LogP contribution in [0.25, 0.3) is 0 Å². The van der Waals surface area contributed by atoms with Gasteiger partial charge in [0, 0.05) is 16.5 Å². The molecule has 3 N–H and O–H groups in total. The van der Waals surface area contributed by atoms with E-state index in [4.69, 9.17) is 5.84 Å². The van der Waals surface area contributed by atoms with Crippen molar-refractivity contribution in [2.24, 2.45) is 5.84 Å².